The standard InChI is InChI=1S/C25H32ClFN4O2/c1-18-14-21(19(2)31(18)20-6-7-23(27)22(26)15-20)24(32)16-28-10-12-29(13-11-28)17-25(33)30-8-4-3-5-9-30/h6-7,14-15H,3-5,8-13,16-17H2,1-2H3. The van der Waals surface area contributed by atoms with E-state index < -0.39 is 5.82 Å². The second kappa shape index (κ2) is 10.4. The molecule has 178 valence electrons. The zero-order chi connectivity index (χ0) is 23.5. The Kier molecular flexibility index (Phi) is 7.51. The van der Waals surface area contributed by atoms with Crippen LogP contribution in [-0.4, -0.2) is 83.3 Å². The van der Waals surface area contributed by atoms with Gasteiger partial charge in [0.05, 0.1) is 18.1 Å². The maximum absolute atomic E-state index is 13.6. The van der Waals surface area contributed by atoms with Gasteiger partial charge in [-0.25, -0.2) is 4.39 Å². The van der Waals surface area contributed by atoms with Crippen LogP contribution in [0.25, 0.3) is 5.69 Å². The van der Waals surface area contributed by atoms with E-state index in [2.05, 4.69) is 9.80 Å². The molecule has 0 atom stereocenters. The van der Waals surface area contributed by atoms with Gasteiger partial charge in [0.15, 0.2) is 5.78 Å². The molecule has 0 saturated carbocycles. The zero-order valence-electron chi connectivity index (χ0n) is 19.4. The van der Waals surface area contributed by atoms with Crippen molar-refractivity contribution >= 4 is 23.3 Å². The Balaban J connectivity index is 1.34. The van der Waals surface area contributed by atoms with Crippen LogP contribution in [0.4, 0.5) is 4.39 Å². The van der Waals surface area contributed by atoms with Gasteiger partial charge in [-0.2, -0.15) is 0 Å². The molecule has 2 fully saturated rings. The maximum Gasteiger partial charge on any atom is 0.236 e. The molecule has 2 aliphatic rings. The third-order valence-electron chi connectivity index (χ3n) is 6.79. The van der Waals surface area contributed by atoms with Gasteiger partial charge < -0.3 is 9.47 Å². The van der Waals surface area contributed by atoms with Gasteiger partial charge in [0, 0.05) is 61.9 Å². The molecule has 2 aliphatic heterocycles. The van der Waals surface area contributed by atoms with Crippen molar-refractivity contribution in [1.29, 1.82) is 0 Å². The van der Waals surface area contributed by atoms with Gasteiger partial charge in [0.25, 0.3) is 0 Å². The first kappa shape index (κ1) is 23.9. The highest BCUT2D eigenvalue weighted by molar-refractivity contribution is 6.30. The number of amides is 1. The van der Waals surface area contributed by atoms with Crippen LogP contribution in [-0.2, 0) is 4.79 Å². The molecule has 8 heteroatoms. The maximum atomic E-state index is 13.6. The molecule has 1 aromatic carbocycles. The second-order valence-corrected chi connectivity index (χ2v) is 9.54. The number of hydrogen-bond acceptors (Lipinski definition) is 4. The van der Waals surface area contributed by atoms with E-state index in [1.165, 1.54) is 12.5 Å². The lowest BCUT2D eigenvalue weighted by Crippen LogP contribution is -2.51. The first-order chi connectivity index (χ1) is 15.8. The number of halogens is 2. The van der Waals surface area contributed by atoms with Crippen molar-refractivity contribution in [2.45, 2.75) is 33.1 Å². The molecule has 4 rings (SSSR count). The van der Waals surface area contributed by atoms with Gasteiger partial charge in [0.2, 0.25) is 5.91 Å². The summed E-state index contributed by atoms with van der Waals surface area (Å²) in [5, 5.41) is 0.0597. The fraction of sp³-hybridized carbons (Fsp3) is 0.520. The number of carbonyl (C=O) groups excluding carboxylic acids is 2. The van der Waals surface area contributed by atoms with Crippen molar-refractivity contribution in [3.63, 3.8) is 0 Å². The van der Waals surface area contributed by atoms with E-state index in [0.29, 0.717) is 18.7 Å². The van der Waals surface area contributed by atoms with Gasteiger partial charge in [-0.3, -0.25) is 19.4 Å². The average molecular weight is 475 g/mol. The quantitative estimate of drug-likeness (QED) is 0.599. The molecule has 6 nitrogen and oxygen atoms in total. The Morgan fingerprint density at radius 1 is 0.909 bits per heavy atom. The lowest BCUT2D eigenvalue weighted by molar-refractivity contribution is -0.133. The van der Waals surface area contributed by atoms with Crippen molar-refractivity contribution in [3.05, 3.63) is 52.1 Å². The summed E-state index contributed by atoms with van der Waals surface area (Å²) >= 11 is 5.96. The van der Waals surface area contributed by atoms with Crippen molar-refractivity contribution in [1.82, 2.24) is 19.3 Å². The van der Waals surface area contributed by atoms with Crippen LogP contribution < -0.4 is 0 Å². The Morgan fingerprint density at radius 3 is 2.18 bits per heavy atom. The van der Waals surface area contributed by atoms with Crippen LogP contribution in [0.2, 0.25) is 5.02 Å². The number of nitrogens with zero attached hydrogens (tertiary/aromatic N) is 4. The number of hydrogen-bond donors (Lipinski definition) is 0. The number of aromatic nitrogens is 1. The highest BCUT2D eigenvalue weighted by Gasteiger charge is 2.25. The highest BCUT2D eigenvalue weighted by Crippen LogP contribution is 2.25. The molecule has 0 unspecified atom stereocenters. The van der Waals surface area contributed by atoms with E-state index in [-0.39, 0.29) is 16.7 Å². The van der Waals surface area contributed by atoms with E-state index in [1.807, 2.05) is 29.4 Å². The van der Waals surface area contributed by atoms with E-state index in [1.54, 1.807) is 12.1 Å². The number of carbonyl (C=O) groups is 2. The molecular formula is C25H32ClFN4O2. The summed E-state index contributed by atoms with van der Waals surface area (Å²) in [6, 6.07) is 6.48. The number of rotatable bonds is 6. The lowest BCUT2D eigenvalue weighted by atomic mass is 10.1. The molecule has 0 aliphatic carbocycles. The Morgan fingerprint density at radius 2 is 1.55 bits per heavy atom. The molecule has 2 aromatic rings. The first-order valence-electron chi connectivity index (χ1n) is 11.7. The summed E-state index contributed by atoms with van der Waals surface area (Å²) < 4.78 is 15.5. The number of benzene rings is 1. The van der Waals surface area contributed by atoms with Crippen LogP contribution in [0.3, 0.4) is 0 Å². The minimum Gasteiger partial charge on any atom is -0.342 e. The zero-order valence-corrected chi connectivity index (χ0v) is 20.2. The largest absolute Gasteiger partial charge is 0.342 e. The molecular weight excluding hydrogens is 443 g/mol. The van der Waals surface area contributed by atoms with Gasteiger partial charge in [0.1, 0.15) is 5.82 Å². The fourth-order valence-corrected chi connectivity index (χ4v) is 5.07. The smallest absolute Gasteiger partial charge is 0.236 e. The first-order valence-corrected chi connectivity index (χ1v) is 12.1. The summed E-state index contributed by atoms with van der Waals surface area (Å²) in [7, 11) is 0. The number of Topliss-reactive ketones (excluding diaryl/α,β-unsaturated/α-hetero) is 1. The van der Waals surface area contributed by atoms with E-state index in [0.717, 1.165) is 69.2 Å². The van der Waals surface area contributed by atoms with Crippen molar-refractivity contribution < 1.29 is 14.0 Å². The predicted molar refractivity (Wildman–Crippen MR) is 128 cm³/mol. The molecule has 0 N–H and O–H groups in total. The SMILES string of the molecule is Cc1cc(C(=O)CN2CCN(CC(=O)N3CCCCC3)CC2)c(C)n1-c1ccc(F)c(Cl)c1. The molecule has 1 aromatic heterocycles. The Bertz CT molecular complexity index is 1020. The van der Waals surface area contributed by atoms with Gasteiger partial charge in [-0.05, 0) is 57.4 Å². The predicted octanol–water partition coefficient (Wildman–Crippen LogP) is 3.70. The Hall–Kier alpha value is -2.22. The summed E-state index contributed by atoms with van der Waals surface area (Å²) in [5.74, 6) is -0.163. The van der Waals surface area contributed by atoms with Crippen LogP contribution >= 0.6 is 11.6 Å². The van der Waals surface area contributed by atoms with Crippen LogP contribution in [0.1, 0.15) is 41.0 Å². The monoisotopic (exact) mass is 474 g/mol. The third-order valence-corrected chi connectivity index (χ3v) is 7.08. The number of likely N-dealkylation sites (tertiary alicyclic amines) is 1. The van der Waals surface area contributed by atoms with Crippen molar-refractivity contribution in [2.75, 3.05) is 52.4 Å². The van der Waals surface area contributed by atoms with E-state index in [4.69, 9.17) is 11.6 Å². The average Bonchev–Trinajstić information content (AvgIpc) is 3.11. The number of piperazine rings is 1. The third kappa shape index (κ3) is 5.48. The number of aryl methyl sites for hydroxylation is 1. The second-order valence-electron chi connectivity index (χ2n) is 9.14. The van der Waals surface area contributed by atoms with Gasteiger partial charge in [-0.1, -0.05) is 11.6 Å². The van der Waals surface area contributed by atoms with Crippen LogP contribution in [0, 0.1) is 19.7 Å². The molecule has 2 saturated heterocycles. The van der Waals surface area contributed by atoms with Crippen LogP contribution in [0.15, 0.2) is 24.3 Å². The molecule has 0 bridgehead atoms. The number of piperidine rings is 1. The highest BCUT2D eigenvalue weighted by atomic mass is 35.5. The van der Waals surface area contributed by atoms with Gasteiger partial charge >= 0.3 is 0 Å². The summed E-state index contributed by atoms with van der Waals surface area (Å²) in [6.07, 6.45) is 3.43. The molecule has 0 radical (unpaired) electrons. The normalized spacial score (nSPS) is 18.0. The van der Waals surface area contributed by atoms with E-state index >= 15 is 0 Å². The fourth-order valence-electron chi connectivity index (χ4n) is 4.89. The molecule has 33 heavy (non-hydrogen) atoms. The van der Waals surface area contributed by atoms with Crippen LogP contribution in [0.5, 0.6) is 0 Å². The van der Waals surface area contributed by atoms with E-state index in [9.17, 15) is 14.0 Å². The minimum atomic E-state index is -0.462. The summed E-state index contributed by atoms with van der Waals surface area (Å²) in [6.45, 7) is 9.55. The Labute approximate surface area is 199 Å². The summed E-state index contributed by atoms with van der Waals surface area (Å²) in [5.41, 5.74) is 3.14. The minimum absolute atomic E-state index is 0.0597. The van der Waals surface area contributed by atoms with Crippen molar-refractivity contribution in [2.24, 2.45) is 0 Å². The topological polar surface area (TPSA) is 48.8 Å². The lowest BCUT2D eigenvalue weighted by Gasteiger charge is -2.35. The van der Waals surface area contributed by atoms with Gasteiger partial charge in [-0.15, -0.1) is 0 Å². The molecule has 1 amide bonds. The summed E-state index contributed by atoms with van der Waals surface area (Å²) in [4.78, 5) is 32.0. The number of ketones is 1. The van der Waals surface area contributed by atoms with Crippen molar-refractivity contribution in [3.8, 4) is 5.69 Å². The molecule has 3 heterocycles. The molecule has 0 spiro atoms.